The summed E-state index contributed by atoms with van der Waals surface area (Å²) >= 11 is 0. The van der Waals surface area contributed by atoms with Crippen LogP contribution in [0.2, 0.25) is 0 Å². The summed E-state index contributed by atoms with van der Waals surface area (Å²) in [5.41, 5.74) is 0.0408. The van der Waals surface area contributed by atoms with Crippen molar-refractivity contribution in [2.45, 2.75) is 45.3 Å². The Morgan fingerprint density at radius 3 is 2.67 bits per heavy atom. The van der Waals surface area contributed by atoms with Gasteiger partial charge < -0.3 is 14.2 Å². The second-order valence-corrected chi connectivity index (χ2v) is 7.89. The highest BCUT2D eigenvalue weighted by atomic mass is 16.6. The number of rotatable bonds is 5. The van der Waals surface area contributed by atoms with Gasteiger partial charge >= 0.3 is 6.09 Å². The first-order chi connectivity index (χ1) is 14.2. The van der Waals surface area contributed by atoms with Crippen LogP contribution in [0.4, 0.5) is 10.7 Å². The standard InChI is InChI=1S/C20H27N5O5/c1-20(2,3)30-19(27)25-10-6-7-14(25)17(26)22-18-21-16(23-24-18)13-9-8-12(28-4)11-15(13)29-5/h8-9,11,14H,6-7,10H2,1-5H3,(H2,21,22,23,24,26)/t14-/m0/s1. The number of amides is 2. The van der Waals surface area contributed by atoms with Gasteiger partial charge in [0.15, 0.2) is 5.82 Å². The van der Waals surface area contributed by atoms with E-state index in [9.17, 15) is 9.59 Å². The maximum absolute atomic E-state index is 12.8. The number of H-pyrrole nitrogens is 1. The molecule has 1 aromatic carbocycles. The zero-order valence-corrected chi connectivity index (χ0v) is 17.8. The Kier molecular flexibility index (Phi) is 6.14. The van der Waals surface area contributed by atoms with E-state index < -0.39 is 17.7 Å². The molecule has 1 aliphatic heterocycles. The van der Waals surface area contributed by atoms with E-state index in [2.05, 4.69) is 20.5 Å². The van der Waals surface area contributed by atoms with Crippen LogP contribution in [0.15, 0.2) is 18.2 Å². The van der Waals surface area contributed by atoms with Crippen molar-refractivity contribution < 1.29 is 23.8 Å². The first kappa shape index (κ1) is 21.4. The Labute approximate surface area is 174 Å². The van der Waals surface area contributed by atoms with Gasteiger partial charge in [-0.25, -0.2) is 4.79 Å². The van der Waals surface area contributed by atoms with Crippen LogP contribution in [0.3, 0.4) is 0 Å². The van der Waals surface area contributed by atoms with Crippen molar-refractivity contribution in [1.82, 2.24) is 20.1 Å². The third kappa shape index (κ3) is 4.81. The largest absolute Gasteiger partial charge is 0.497 e. The normalized spacial score (nSPS) is 16.3. The van der Waals surface area contributed by atoms with Crippen molar-refractivity contribution in [1.29, 1.82) is 0 Å². The van der Waals surface area contributed by atoms with Crippen LogP contribution in [0, 0.1) is 0 Å². The molecule has 10 nitrogen and oxygen atoms in total. The molecule has 0 unspecified atom stereocenters. The molecule has 10 heteroatoms. The average Bonchev–Trinajstić information content (AvgIpc) is 3.35. The van der Waals surface area contributed by atoms with Crippen molar-refractivity contribution in [2.24, 2.45) is 0 Å². The van der Waals surface area contributed by atoms with Crippen molar-refractivity contribution in [3.8, 4) is 22.9 Å². The first-order valence-corrected chi connectivity index (χ1v) is 9.67. The van der Waals surface area contributed by atoms with Gasteiger partial charge in [-0.05, 0) is 45.7 Å². The number of benzene rings is 1. The van der Waals surface area contributed by atoms with E-state index in [1.54, 1.807) is 53.2 Å². The van der Waals surface area contributed by atoms with Gasteiger partial charge in [0.2, 0.25) is 11.9 Å². The second-order valence-electron chi connectivity index (χ2n) is 7.89. The van der Waals surface area contributed by atoms with E-state index in [0.29, 0.717) is 35.9 Å². The summed E-state index contributed by atoms with van der Waals surface area (Å²) < 4.78 is 16.0. The maximum atomic E-state index is 12.8. The minimum absolute atomic E-state index is 0.115. The molecule has 1 aliphatic rings. The first-order valence-electron chi connectivity index (χ1n) is 9.67. The molecule has 30 heavy (non-hydrogen) atoms. The van der Waals surface area contributed by atoms with Gasteiger partial charge in [0.05, 0.1) is 19.8 Å². The molecular weight excluding hydrogens is 390 g/mol. The molecule has 0 spiro atoms. The average molecular weight is 417 g/mol. The van der Waals surface area contributed by atoms with Crippen molar-refractivity contribution in [3.05, 3.63) is 18.2 Å². The Balaban J connectivity index is 1.71. The maximum Gasteiger partial charge on any atom is 0.410 e. The number of hydrogen-bond donors (Lipinski definition) is 2. The number of hydrogen-bond acceptors (Lipinski definition) is 7. The number of aromatic amines is 1. The van der Waals surface area contributed by atoms with Crippen LogP contribution < -0.4 is 14.8 Å². The van der Waals surface area contributed by atoms with E-state index in [1.165, 1.54) is 4.90 Å². The van der Waals surface area contributed by atoms with E-state index in [4.69, 9.17) is 14.2 Å². The second kappa shape index (κ2) is 8.60. The number of likely N-dealkylation sites (tertiary alicyclic amines) is 1. The molecule has 2 N–H and O–H groups in total. The topological polar surface area (TPSA) is 119 Å². The molecule has 1 saturated heterocycles. The lowest BCUT2D eigenvalue weighted by atomic mass is 10.2. The highest BCUT2D eigenvalue weighted by molar-refractivity contribution is 5.95. The molecule has 2 amide bonds. The van der Waals surface area contributed by atoms with Gasteiger partial charge in [0.1, 0.15) is 23.1 Å². The van der Waals surface area contributed by atoms with Crippen molar-refractivity contribution >= 4 is 17.9 Å². The number of carbonyl (C=O) groups is 2. The van der Waals surface area contributed by atoms with E-state index in [-0.39, 0.29) is 11.9 Å². The fourth-order valence-corrected chi connectivity index (χ4v) is 3.20. The van der Waals surface area contributed by atoms with E-state index >= 15 is 0 Å². The van der Waals surface area contributed by atoms with Gasteiger partial charge in [-0.2, -0.15) is 4.98 Å². The van der Waals surface area contributed by atoms with Crippen LogP contribution in [-0.2, 0) is 9.53 Å². The lowest BCUT2D eigenvalue weighted by Crippen LogP contribution is -2.45. The molecule has 1 fully saturated rings. The molecule has 0 bridgehead atoms. The summed E-state index contributed by atoms with van der Waals surface area (Å²) in [5.74, 6) is 1.39. The van der Waals surface area contributed by atoms with E-state index in [1.807, 2.05) is 0 Å². The van der Waals surface area contributed by atoms with Gasteiger partial charge in [-0.1, -0.05) is 0 Å². The monoisotopic (exact) mass is 417 g/mol. The number of carbonyl (C=O) groups excluding carboxylic acids is 2. The number of aromatic nitrogens is 3. The minimum atomic E-state index is -0.628. The van der Waals surface area contributed by atoms with Crippen LogP contribution >= 0.6 is 0 Å². The lowest BCUT2D eigenvalue weighted by Gasteiger charge is -2.27. The van der Waals surface area contributed by atoms with Gasteiger partial charge in [0, 0.05) is 12.6 Å². The van der Waals surface area contributed by atoms with Crippen molar-refractivity contribution in [3.63, 3.8) is 0 Å². The third-order valence-corrected chi connectivity index (χ3v) is 4.57. The van der Waals surface area contributed by atoms with E-state index in [0.717, 1.165) is 6.42 Å². The Bertz CT molecular complexity index is 921. The molecule has 2 heterocycles. The Hall–Kier alpha value is -3.30. The number of anilines is 1. The molecule has 0 aliphatic carbocycles. The third-order valence-electron chi connectivity index (χ3n) is 4.57. The predicted molar refractivity (Wildman–Crippen MR) is 110 cm³/mol. The number of nitrogens with one attached hydrogen (secondary N) is 2. The van der Waals surface area contributed by atoms with Gasteiger partial charge in [-0.15, -0.1) is 5.10 Å². The molecule has 162 valence electrons. The summed E-state index contributed by atoms with van der Waals surface area (Å²) in [6, 6.07) is 4.66. The summed E-state index contributed by atoms with van der Waals surface area (Å²) in [4.78, 5) is 30.9. The SMILES string of the molecule is COc1ccc(-c2nc(NC(=O)[C@@H]3CCCN3C(=O)OC(C)(C)C)n[nH]2)c(OC)c1. The number of methoxy groups -OCH3 is 2. The predicted octanol–water partition coefficient (Wildman–Crippen LogP) is 2.83. The fourth-order valence-electron chi connectivity index (χ4n) is 3.20. The summed E-state index contributed by atoms with van der Waals surface area (Å²) in [7, 11) is 3.11. The summed E-state index contributed by atoms with van der Waals surface area (Å²) in [5, 5.41) is 9.53. The molecule has 1 aromatic heterocycles. The lowest BCUT2D eigenvalue weighted by molar-refractivity contribution is -0.120. The van der Waals surface area contributed by atoms with Crippen LogP contribution in [0.5, 0.6) is 11.5 Å². The van der Waals surface area contributed by atoms with Crippen molar-refractivity contribution in [2.75, 3.05) is 26.1 Å². The fraction of sp³-hybridized carbons (Fsp3) is 0.500. The molecule has 0 radical (unpaired) electrons. The highest BCUT2D eigenvalue weighted by Gasteiger charge is 2.37. The Morgan fingerprint density at radius 2 is 2.00 bits per heavy atom. The van der Waals surface area contributed by atoms with Gasteiger partial charge in [0.25, 0.3) is 0 Å². The van der Waals surface area contributed by atoms with Crippen LogP contribution in [-0.4, -0.2) is 64.5 Å². The molecular formula is C20H27N5O5. The number of ether oxygens (including phenoxy) is 3. The quantitative estimate of drug-likeness (QED) is 0.768. The van der Waals surface area contributed by atoms with Crippen LogP contribution in [0.25, 0.3) is 11.4 Å². The zero-order chi connectivity index (χ0) is 21.9. The molecule has 3 rings (SSSR count). The number of nitrogens with zero attached hydrogens (tertiary/aromatic N) is 3. The molecule has 0 saturated carbocycles. The van der Waals surface area contributed by atoms with Gasteiger partial charge in [-0.3, -0.25) is 20.1 Å². The Morgan fingerprint density at radius 1 is 1.23 bits per heavy atom. The highest BCUT2D eigenvalue weighted by Crippen LogP contribution is 2.31. The zero-order valence-electron chi connectivity index (χ0n) is 17.8. The molecule has 1 atom stereocenters. The smallest absolute Gasteiger partial charge is 0.410 e. The summed E-state index contributed by atoms with van der Waals surface area (Å²) in [6.07, 6.45) is 0.771. The van der Waals surface area contributed by atoms with Crippen LogP contribution in [0.1, 0.15) is 33.6 Å². The molecule has 2 aromatic rings. The summed E-state index contributed by atoms with van der Waals surface area (Å²) in [6.45, 7) is 5.84. The minimum Gasteiger partial charge on any atom is -0.497 e.